The Morgan fingerprint density at radius 1 is 0.925 bits per heavy atom. The molecule has 1 heterocycles. The van der Waals surface area contributed by atoms with Gasteiger partial charge in [-0.2, -0.15) is 0 Å². The van der Waals surface area contributed by atoms with E-state index in [1.807, 2.05) is 68.4 Å². The lowest BCUT2D eigenvalue weighted by Crippen LogP contribution is -2.41. The number of likely N-dealkylation sites (tertiary alicyclic amines) is 1. The Morgan fingerprint density at radius 3 is 2.35 bits per heavy atom. The van der Waals surface area contributed by atoms with Crippen molar-refractivity contribution in [2.24, 2.45) is 5.41 Å². The van der Waals surface area contributed by atoms with E-state index >= 15 is 0 Å². The van der Waals surface area contributed by atoms with Crippen LogP contribution in [0.25, 0.3) is 10.8 Å². The van der Waals surface area contributed by atoms with E-state index in [0.29, 0.717) is 23.2 Å². The van der Waals surface area contributed by atoms with E-state index in [1.54, 1.807) is 0 Å². The van der Waals surface area contributed by atoms with Gasteiger partial charge in [-0.3, -0.25) is 19.3 Å². The quantitative estimate of drug-likeness (QED) is 0.289. The number of ketones is 1. The first kappa shape index (κ1) is 28.0. The largest absolute Gasteiger partial charge is 0.481 e. The highest BCUT2D eigenvalue weighted by molar-refractivity contribution is 6.07. The van der Waals surface area contributed by atoms with Crippen molar-refractivity contribution in [3.05, 3.63) is 76.9 Å². The number of carbonyl (C=O) groups excluding carboxylic acids is 2. The van der Waals surface area contributed by atoms with Crippen molar-refractivity contribution in [3.63, 3.8) is 0 Å². The third kappa shape index (κ3) is 6.28. The molecule has 6 nitrogen and oxygen atoms in total. The van der Waals surface area contributed by atoms with Crippen molar-refractivity contribution in [1.82, 2.24) is 4.90 Å². The number of aryl methyl sites for hydroxylation is 2. The summed E-state index contributed by atoms with van der Waals surface area (Å²) in [6.07, 6.45) is 7.49. The predicted octanol–water partition coefficient (Wildman–Crippen LogP) is 6.88. The molecule has 0 aromatic heterocycles. The van der Waals surface area contributed by atoms with E-state index in [2.05, 4.69) is 10.2 Å². The summed E-state index contributed by atoms with van der Waals surface area (Å²) in [6.45, 7) is 6.10. The molecule has 6 heteroatoms. The van der Waals surface area contributed by atoms with Gasteiger partial charge in [0.05, 0.1) is 18.7 Å². The molecule has 0 radical (unpaired) electrons. The van der Waals surface area contributed by atoms with Crippen LogP contribution in [0.2, 0.25) is 0 Å². The number of hydrogen-bond acceptors (Lipinski definition) is 4. The molecule has 3 aromatic rings. The molecule has 5 rings (SSSR count). The standard InChI is InChI=1S/C34H40N2O4/c1-23-18-24(2)33(29(19-23)30(37)22-36-16-14-34(15-17-36)12-5-6-13-34)35-31(38)20-26(21-32(39)40)28-11-7-9-25-8-3-4-10-27(25)28/h3-4,7-11,18-19,26H,5-6,12-17,20-22H2,1-2H3,(H,35,38)(H,39,40). The number of anilines is 1. The second kappa shape index (κ2) is 11.9. The van der Waals surface area contributed by atoms with E-state index in [1.165, 1.54) is 25.7 Å². The van der Waals surface area contributed by atoms with Crippen molar-refractivity contribution in [3.8, 4) is 0 Å². The summed E-state index contributed by atoms with van der Waals surface area (Å²) in [4.78, 5) is 41.1. The maximum atomic E-state index is 13.6. The fraction of sp³-hybridized carbons (Fsp3) is 0.441. The predicted molar refractivity (Wildman–Crippen MR) is 159 cm³/mol. The zero-order chi connectivity index (χ0) is 28.3. The molecular weight excluding hydrogens is 500 g/mol. The Morgan fingerprint density at radius 2 is 1.62 bits per heavy atom. The maximum Gasteiger partial charge on any atom is 0.303 e. The molecule has 2 aliphatic rings. The number of aliphatic carboxylic acids is 1. The number of rotatable bonds is 9. The van der Waals surface area contributed by atoms with Gasteiger partial charge in [-0.15, -0.1) is 0 Å². The molecule has 210 valence electrons. The molecule has 1 saturated heterocycles. The van der Waals surface area contributed by atoms with E-state index in [4.69, 9.17) is 0 Å². The van der Waals surface area contributed by atoms with Gasteiger partial charge >= 0.3 is 5.97 Å². The molecule has 0 bridgehead atoms. The third-order valence-electron chi connectivity index (χ3n) is 9.11. The first-order valence-corrected chi connectivity index (χ1v) is 14.6. The number of Topliss-reactive ketones (excluding diaryl/α,β-unsaturated/α-hetero) is 1. The number of nitrogens with one attached hydrogen (secondary N) is 1. The van der Waals surface area contributed by atoms with Gasteiger partial charge in [-0.1, -0.05) is 61.4 Å². The molecule has 2 N–H and O–H groups in total. The van der Waals surface area contributed by atoms with Gasteiger partial charge in [-0.05, 0) is 91.6 Å². The van der Waals surface area contributed by atoms with Gasteiger partial charge in [0.2, 0.25) is 5.91 Å². The second-order valence-corrected chi connectivity index (χ2v) is 12.0. The van der Waals surface area contributed by atoms with Gasteiger partial charge in [-0.25, -0.2) is 0 Å². The molecule has 1 amide bonds. The Bertz CT molecular complexity index is 1410. The molecule has 3 aromatic carbocycles. The van der Waals surface area contributed by atoms with Crippen LogP contribution in [0.4, 0.5) is 5.69 Å². The molecule has 1 saturated carbocycles. The zero-order valence-corrected chi connectivity index (χ0v) is 23.7. The van der Waals surface area contributed by atoms with E-state index in [9.17, 15) is 19.5 Å². The summed E-state index contributed by atoms with van der Waals surface area (Å²) < 4.78 is 0. The van der Waals surface area contributed by atoms with Crippen LogP contribution in [0.15, 0.2) is 54.6 Å². The normalized spacial score (nSPS) is 17.6. The number of nitrogens with zero attached hydrogens (tertiary/aromatic N) is 1. The third-order valence-corrected chi connectivity index (χ3v) is 9.11. The topological polar surface area (TPSA) is 86.7 Å². The summed E-state index contributed by atoms with van der Waals surface area (Å²) in [7, 11) is 0. The summed E-state index contributed by atoms with van der Waals surface area (Å²) >= 11 is 0. The SMILES string of the molecule is Cc1cc(C)c(NC(=O)CC(CC(=O)O)c2cccc3ccccc23)c(C(=O)CN2CCC3(CCCC3)CC2)c1. The average molecular weight is 541 g/mol. The lowest BCUT2D eigenvalue weighted by molar-refractivity contribution is -0.137. The average Bonchev–Trinajstić information content (AvgIpc) is 3.38. The van der Waals surface area contributed by atoms with Crippen molar-refractivity contribution in [2.75, 3.05) is 25.0 Å². The number of fused-ring (bicyclic) bond motifs is 1. The minimum atomic E-state index is -0.950. The van der Waals surface area contributed by atoms with Gasteiger partial charge in [0, 0.05) is 17.9 Å². The summed E-state index contributed by atoms with van der Waals surface area (Å²) in [5.41, 5.74) is 4.22. The van der Waals surface area contributed by atoms with Crippen LogP contribution in [0.3, 0.4) is 0 Å². The van der Waals surface area contributed by atoms with Gasteiger partial charge < -0.3 is 10.4 Å². The highest BCUT2D eigenvalue weighted by atomic mass is 16.4. The number of hydrogen-bond donors (Lipinski definition) is 2. The Balaban J connectivity index is 1.33. The number of carboxylic acids is 1. The minimum Gasteiger partial charge on any atom is -0.481 e. The number of carboxylic acid groups (broad SMARTS) is 1. The first-order valence-electron chi connectivity index (χ1n) is 14.6. The van der Waals surface area contributed by atoms with Crippen LogP contribution in [0.5, 0.6) is 0 Å². The van der Waals surface area contributed by atoms with Crippen molar-refractivity contribution < 1.29 is 19.5 Å². The molecule has 1 unspecified atom stereocenters. The molecule has 40 heavy (non-hydrogen) atoms. The second-order valence-electron chi connectivity index (χ2n) is 12.0. The zero-order valence-electron chi connectivity index (χ0n) is 23.7. The van der Waals surface area contributed by atoms with Gasteiger partial charge in [0.1, 0.15) is 0 Å². The fourth-order valence-electron chi connectivity index (χ4n) is 6.98. The summed E-state index contributed by atoms with van der Waals surface area (Å²) in [5.74, 6) is -1.72. The number of benzene rings is 3. The first-order chi connectivity index (χ1) is 19.2. The van der Waals surface area contributed by atoms with Gasteiger partial charge in [0.15, 0.2) is 5.78 Å². The monoisotopic (exact) mass is 540 g/mol. The minimum absolute atomic E-state index is 0.00939. The van der Waals surface area contributed by atoms with Crippen LogP contribution in [0.1, 0.15) is 84.3 Å². The highest BCUT2D eigenvalue weighted by Gasteiger charge is 2.37. The molecule has 1 spiro atoms. The van der Waals surface area contributed by atoms with E-state index in [0.717, 1.165) is 53.4 Å². The van der Waals surface area contributed by atoms with Crippen LogP contribution in [-0.4, -0.2) is 47.3 Å². The smallest absolute Gasteiger partial charge is 0.303 e. The van der Waals surface area contributed by atoms with Crippen LogP contribution < -0.4 is 5.32 Å². The molecule has 1 aliphatic carbocycles. The molecule has 1 aliphatic heterocycles. The highest BCUT2D eigenvalue weighted by Crippen LogP contribution is 2.46. The maximum absolute atomic E-state index is 13.6. The van der Waals surface area contributed by atoms with Crippen molar-refractivity contribution in [2.45, 2.75) is 71.1 Å². The van der Waals surface area contributed by atoms with Crippen molar-refractivity contribution in [1.29, 1.82) is 0 Å². The number of piperidine rings is 1. The lowest BCUT2D eigenvalue weighted by Gasteiger charge is -2.39. The molecule has 1 atom stereocenters. The molecular formula is C34H40N2O4. The van der Waals surface area contributed by atoms with Gasteiger partial charge in [0.25, 0.3) is 0 Å². The fourth-order valence-corrected chi connectivity index (χ4v) is 6.98. The van der Waals surface area contributed by atoms with Crippen LogP contribution >= 0.6 is 0 Å². The Kier molecular flexibility index (Phi) is 8.36. The van der Waals surface area contributed by atoms with Crippen LogP contribution in [0, 0.1) is 19.3 Å². The van der Waals surface area contributed by atoms with Crippen molar-refractivity contribution >= 4 is 34.1 Å². The van der Waals surface area contributed by atoms with Crippen LogP contribution in [-0.2, 0) is 9.59 Å². The Labute approximate surface area is 236 Å². The Hall–Kier alpha value is -3.51. The lowest BCUT2D eigenvalue weighted by atomic mass is 9.77. The summed E-state index contributed by atoms with van der Waals surface area (Å²) in [6, 6.07) is 17.5. The van der Waals surface area contributed by atoms with E-state index < -0.39 is 11.9 Å². The number of amides is 1. The molecule has 2 fully saturated rings. The summed E-state index contributed by atoms with van der Waals surface area (Å²) in [5, 5.41) is 14.6. The van der Waals surface area contributed by atoms with E-state index in [-0.39, 0.29) is 24.5 Å². The number of carbonyl (C=O) groups is 3.